The van der Waals surface area contributed by atoms with Crippen LogP contribution in [-0.2, 0) is 14.3 Å². The van der Waals surface area contributed by atoms with Gasteiger partial charge in [-0.1, -0.05) is 49.2 Å². The number of carbonyl (C=O) groups excluding carboxylic acids is 2. The van der Waals surface area contributed by atoms with Crippen LogP contribution in [0.2, 0.25) is 0 Å². The number of carbonyl (C=O) groups is 2. The van der Waals surface area contributed by atoms with Gasteiger partial charge in [0.25, 0.3) is 0 Å². The number of hydrogen-bond acceptors (Lipinski definition) is 6. The van der Waals surface area contributed by atoms with Gasteiger partial charge in [0, 0.05) is 6.92 Å². The van der Waals surface area contributed by atoms with Gasteiger partial charge in [0.1, 0.15) is 6.10 Å². The number of aliphatic hydroxyl groups excluding tert-OH is 2. The first kappa shape index (κ1) is 34.0. The Morgan fingerprint density at radius 3 is 2.23 bits per heavy atom. The Labute approximate surface area is 285 Å². The SMILES string of the molecule is CC(=O)O[C@H]1C[C@@]2(C)[C@H](C[C@@H](O)C3[C@@]4(C)CC[C@@H](O)[C@@H](C)C4CC[C@@]32C)C1=C(CCC(Br)=C(C)C)C(=O)[O-].[K+]. The van der Waals surface area contributed by atoms with Crippen molar-refractivity contribution in [3.05, 3.63) is 21.2 Å². The van der Waals surface area contributed by atoms with Crippen LogP contribution >= 0.6 is 15.9 Å². The van der Waals surface area contributed by atoms with Crippen LogP contribution in [0, 0.1) is 39.9 Å². The topological polar surface area (TPSA) is 107 Å². The van der Waals surface area contributed by atoms with Crippen LogP contribution in [-0.4, -0.2) is 40.5 Å². The van der Waals surface area contributed by atoms with Gasteiger partial charge in [0.15, 0.2) is 0 Å². The Kier molecular flexibility index (Phi) is 10.6. The van der Waals surface area contributed by atoms with E-state index in [2.05, 4.69) is 43.6 Å². The number of aliphatic hydroxyl groups is 2. The largest absolute Gasteiger partial charge is 1.00 e. The molecular formula is C31H46BrKO6. The fraction of sp³-hybridized carbons (Fsp3) is 0.806. The third-order valence-corrected chi connectivity index (χ3v) is 12.9. The first-order valence-electron chi connectivity index (χ1n) is 14.4. The van der Waals surface area contributed by atoms with Crippen molar-refractivity contribution in [2.24, 2.45) is 39.9 Å². The maximum Gasteiger partial charge on any atom is 1.00 e. The smallest absolute Gasteiger partial charge is 0.545 e. The van der Waals surface area contributed by atoms with Gasteiger partial charge in [0.05, 0.1) is 18.2 Å². The Morgan fingerprint density at radius 2 is 1.67 bits per heavy atom. The van der Waals surface area contributed by atoms with E-state index in [1.807, 2.05) is 13.8 Å². The van der Waals surface area contributed by atoms with Crippen LogP contribution in [0.3, 0.4) is 0 Å². The fourth-order valence-corrected chi connectivity index (χ4v) is 9.96. The van der Waals surface area contributed by atoms with E-state index in [9.17, 15) is 24.9 Å². The molecule has 4 aliphatic rings. The zero-order valence-electron chi connectivity index (χ0n) is 25.1. The molecule has 0 amide bonds. The summed E-state index contributed by atoms with van der Waals surface area (Å²) in [5, 5.41) is 35.2. The number of fused-ring (bicyclic) bond motifs is 5. The second kappa shape index (κ2) is 12.2. The zero-order valence-corrected chi connectivity index (χ0v) is 29.8. The molecule has 2 N–H and O–H groups in total. The molecule has 6 nitrogen and oxygen atoms in total. The molecule has 39 heavy (non-hydrogen) atoms. The van der Waals surface area contributed by atoms with Crippen LogP contribution in [0.4, 0.5) is 0 Å². The molecule has 10 atom stereocenters. The Hall–Kier alpha value is 0.456. The molecule has 0 aromatic carbocycles. The molecule has 214 valence electrons. The second-order valence-corrected chi connectivity index (χ2v) is 14.7. The Balaban J connectivity index is 0.00000420. The van der Waals surface area contributed by atoms with E-state index >= 15 is 0 Å². The third-order valence-electron chi connectivity index (χ3n) is 11.7. The zero-order chi connectivity index (χ0) is 28.4. The molecule has 4 rings (SSSR count). The minimum absolute atomic E-state index is 0. The van der Waals surface area contributed by atoms with E-state index < -0.39 is 24.1 Å². The molecule has 0 saturated heterocycles. The van der Waals surface area contributed by atoms with Gasteiger partial charge in [-0.3, -0.25) is 4.79 Å². The van der Waals surface area contributed by atoms with Gasteiger partial charge >= 0.3 is 57.4 Å². The first-order chi connectivity index (χ1) is 17.6. The summed E-state index contributed by atoms with van der Waals surface area (Å²) < 4.78 is 6.82. The molecule has 0 radical (unpaired) electrons. The summed E-state index contributed by atoms with van der Waals surface area (Å²) in [5.41, 5.74) is 1.20. The first-order valence-corrected chi connectivity index (χ1v) is 15.2. The molecule has 4 aliphatic carbocycles. The van der Waals surface area contributed by atoms with Gasteiger partial charge in [0.2, 0.25) is 0 Å². The third kappa shape index (κ3) is 5.61. The predicted molar refractivity (Wildman–Crippen MR) is 148 cm³/mol. The van der Waals surface area contributed by atoms with Crippen molar-refractivity contribution in [3.8, 4) is 0 Å². The molecular weight excluding hydrogens is 587 g/mol. The maximum atomic E-state index is 12.6. The summed E-state index contributed by atoms with van der Waals surface area (Å²) in [5.74, 6) is -1.32. The second-order valence-electron chi connectivity index (χ2n) is 13.7. The quantitative estimate of drug-likeness (QED) is 0.273. The molecule has 2 unspecified atom stereocenters. The average Bonchev–Trinajstić information content (AvgIpc) is 3.08. The van der Waals surface area contributed by atoms with Gasteiger partial charge in [-0.25, -0.2) is 0 Å². The number of allylic oxidation sites excluding steroid dienone is 2. The summed E-state index contributed by atoms with van der Waals surface area (Å²) in [4.78, 5) is 24.8. The van der Waals surface area contributed by atoms with Crippen molar-refractivity contribution in [2.45, 2.75) is 118 Å². The molecule has 0 spiro atoms. The van der Waals surface area contributed by atoms with E-state index in [0.717, 1.165) is 35.7 Å². The van der Waals surface area contributed by atoms with Gasteiger partial charge in [-0.15, -0.1) is 0 Å². The van der Waals surface area contributed by atoms with Crippen LogP contribution < -0.4 is 56.5 Å². The number of halogens is 1. The minimum Gasteiger partial charge on any atom is -0.545 e. The average molecular weight is 634 g/mol. The fourth-order valence-electron chi connectivity index (χ4n) is 9.76. The van der Waals surface area contributed by atoms with E-state index in [-0.39, 0.29) is 103 Å². The van der Waals surface area contributed by atoms with Gasteiger partial charge in [-0.05, 0) is 121 Å². The van der Waals surface area contributed by atoms with Crippen molar-refractivity contribution in [2.75, 3.05) is 0 Å². The number of esters is 1. The molecule has 0 heterocycles. The summed E-state index contributed by atoms with van der Waals surface area (Å²) in [6.45, 7) is 14.3. The number of carboxylic acid groups (broad SMARTS) is 1. The summed E-state index contributed by atoms with van der Waals surface area (Å²) in [6, 6.07) is 0. The van der Waals surface area contributed by atoms with Gasteiger partial charge < -0.3 is 24.9 Å². The molecule has 4 fully saturated rings. The standard InChI is InChI=1S/C31H47BrO6.K/c1-16(2)22(32)9-8-19(28(36)37)26-21-14-24(35)27-29(5)12-11-23(34)17(3)20(29)10-13-30(27,6)31(21,7)15-25(26)38-18(4)33;/h17,20-21,23-25,27,34-35H,8-15H2,1-7H3,(H,36,37);/q;+1/p-1/t17-,20?,21+,23+,24+,25-,27?,29-,30-,31-;/m0./s1. The maximum absolute atomic E-state index is 12.6. The molecule has 8 heteroatoms. The number of ether oxygens (including phenoxy) is 1. The number of aliphatic carboxylic acids is 1. The summed E-state index contributed by atoms with van der Waals surface area (Å²) >= 11 is 3.57. The van der Waals surface area contributed by atoms with Crippen LogP contribution in [0.1, 0.15) is 99.8 Å². The Morgan fingerprint density at radius 1 is 1.03 bits per heavy atom. The Bertz CT molecular complexity index is 1050. The molecule has 0 aliphatic heterocycles. The summed E-state index contributed by atoms with van der Waals surface area (Å²) in [7, 11) is 0. The van der Waals surface area contributed by atoms with E-state index in [0.29, 0.717) is 30.8 Å². The van der Waals surface area contributed by atoms with Crippen molar-refractivity contribution >= 4 is 27.9 Å². The monoisotopic (exact) mass is 632 g/mol. The van der Waals surface area contributed by atoms with E-state index in [4.69, 9.17) is 4.74 Å². The predicted octanol–water partition coefficient (Wildman–Crippen LogP) is 2.06. The molecule has 4 saturated carbocycles. The number of rotatable bonds is 5. The minimum atomic E-state index is -1.22. The van der Waals surface area contributed by atoms with Crippen molar-refractivity contribution in [1.82, 2.24) is 0 Å². The summed E-state index contributed by atoms with van der Waals surface area (Å²) in [6.07, 6.45) is 3.72. The van der Waals surface area contributed by atoms with E-state index in [1.54, 1.807) is 0 Å². The van der Waals surface area contributed by atoms with Crippen molar-refractivity contribution in [3.63, 3.8) is 0 Å². The number of carboxylic acids is 1. The van der Waals surface area contributed by atoms with Crippen molar-refractivity contribution < 1.29 is 81.0 Å². The van der Waals surface area contributed by atoms with Gasteiger partial charge in [-0.2, -0.15) is 0 Å². The molecule has 0 bridgehead atoms. The molecule has 0 aromatic heterocycles. The van der Waals surface area contributed by atoms with Crippen LogP contribution in [0.25, 0.3) is 0 Å². The van der Waals surface area contributed by atoms with Crippen LogP contribution in [0.15, 0.2) is 21.2 Å². The number of hydrogen-bond donors (Lipinski definition) is 2. The normalized spacial score (nSPS) is 44.2. The van der Waals surface area contributed by atoms with Crippen molar-refractivity contribution in [1.29, 1.82) is 0 Å². The molecule has 0 aromatic rings. The van der Waals surface area contributed by atoms with E-state index in [1.165, 1.54) is 6.92 Å². The van der Waals surface area contributed by atoms with Crippen LogP contribution in [0.5, 0.6) is 0 Å².